The molecule has 1 N–H and O–H groups in total. The van der Waals surface area contributed by atoms with E-state index >= 15 is 0 Å². The van der Waals surface area contributed by atoms with Crippen LogP contribution in [0.25, 0.3) is 6.08 Å². The van der Waals surface area contributed by atoms with Crippen LogP contribution in [0.4, 0.5) is 0 Å². The van der Waals surface area contributed by atoms with E-state index in [1.807, 2.05) is 33.7 Å². The summed E-state index contributed by atoms with van der Waals surface area (Å²) in [6, 6.07) is 12.7. The first-order chi connectivity index (χ1) is 13.5. The summed E-state index contributed by atoms with van der Waals surface area (Å²) in [4.78, 5) is 26.4. The van der Waals surface area contributed by atoms with E-state index < -0.39 is 0 Å². The second-order valence-corrected chi connectivity index (χ2v) is 8.11. The maximum atomic E-state index is 12.2. The minimum atomic E-state index is -0.257. The molecule has 2 atom stereocenters. The van der Waals surface area contributed by atoms with Crippen LogP contribution in [0.3, 0.4) is 0 Å². The number of halogens is 1. The molecule has 5 nitrogen and oxygen atoms in total. The molecule has 3 heterocycles. The van der Waals surface area contributed by atoms with Crippen molar-refractivity contribution in [2.45, 2.75) is 18.9 Å². The van der Waals surface area contributed by atoms with E-state index in [2.05, 4.69) is 5.32 Å². The smallest absolute Gasteiger partial charge is 0.250 e. The Balaban J connectivity index is 1.40. The first-order valence-electron chi connectivity index (χ1n) is 9.23. The number of pyridine rings is 1. The lowest BCUT2D eigenvalue weighted by Crippen LogP contribution is -2.52. The Kier molecular flexibility index (Phi) is 5.33. The van der Waals surface area contributed by atoms with Gasteiger partial charge in [-0.15, -0.1) is 0 Å². The van der Waals surface area contributed by atoms with Gasteiger partial charge in [0.05, 0.1) is 0 Å². The summed E-state index contributed by atoms with van der Waals surface area (Å²) in [5.74, 6) is 0.346. The average Bonchev–Trinajstić information content (AvgIpc) is 2.68. The Hall–Kier alpha value is -2.44. The van der Waals surface area contributed by atoms with Gasteiger partial charge >= 0.3 is 0 Å². The summed E-state index contributed by atoms with van der Waals surface area (Å²) in [7, 11) is 0. The molecule has 144 valence electrons. The van der Waals surface area contributed by atoms with Gasteiger partial charge in [-0.3, -0.25) is 14.9 Å². The van der Waals surface area contributed by atoms with Crippen molar-refractivity contribution < 1.29 is 4.79 Å². The molecule has 1 amide bonds. The van der Waals surface area contributed by atoms with Gasteiger partial charge in [-0.1, -0.05) is 29.8 Å². The number of nitrogens with zero attached hydrogens (tertiary/aromatic N) is 2. The van der Waals surface area contributed by atoms with Crippen molar-refractivity contribution in [2.75, 3.05) is 13.1 Å². The monoisotopic (exact) mass is 413 g/mol. The van der Waals surface area contributed by atoms with Gasteiger partial charge in [0, 0.05) is 48.4 Å². The molecule has 2 bridgehead atoms. The highest BCUT2D eigenvalue weighted by Gasteiger charge is 2.35. The van der Waals surface area contributed by atoms with E-state index in [1.165, 1.54) is 6.08 Å². The third kappa shape index (κ3) is 4.03. The number of thiocarbonyl (C=S) groups is 1. The Morgan fingerprint density at radius 1 is 1.14 bits per heavy atom. The SMILES string of the molecule is O=C(/C=C/c1ccc(Cl)cc1)NC(=S)N1C[C@@H]2C[C@H](C1)c1cccc(=O)n1C2. The van der Waals surface area contributed by atoms with Crippen molar-refractivity contribution in [2.24, 2.45) is 5.92 Å². The normalized spacial score (nSPS) is 20.7. The minimum absolute atomic E-state index is 0.0591. The van der Waals surface area contributed by atoms with Gasteiger partial charge in [-0.25, -0.2) is 0 Å². The van der Waals surface area contributed by atoms with Crippen molar-refractivity contribution in [3.05, 3.63) is 75.2 Å². The zero-order valence-corrected chi connectivity index (χ0v) is 16.7. The maximum absolute atomic E-state index is 12.2. The van der Waals surface area contributed by atoms with E-state index in [0.29, 0.717) is 29.1 Å². The lowest BCUT2D eigenvalue weighted by molar-refractivity contribution is -0.115. The van der Waals surface area contributed by atoms with Crippen LogP contribution in [0.2, 0.25) is 5.02 Å². The molecule has 1 saturated heterocycles. The number of carbonyl (C=O) groups excluding carboxylic acids is 1. The quantitative estimate of drug-likeness (QED) is 0.607. The van der Waals surface area contributed by atoms with Crippen LogP contribution >= 0.6 is 23.8 Å². The van der Waals surface area contributed by atoms with Crippen LogP contribution in [-0.2, 0) is 11.3 Å². The number of likely N-dealkylation sites (tertiary alicyclic amines) is 1. The number of amides is 1. The topological polar surface area (TPSA) is 54.3 Å². The highest BCUT2D eigenvalue weighted by atomic mass is 35.5. The number of piperidine rings is 1. The van der Waals surface area contributed by atoms with Crippen LogP contribution in [0.5, 0.6) is 0 Å². The summed E-state index contributed by atoms with van der Waals surface area (Å²) < 4.78 is 1.88. The van der Waals surface area contributed by atoms with Crippen molar-refractivity contribution in [3.8, 4) is 0 Å². The first kappa shape index (κ1) is 18.9. The van der Waals surface area contributed by atoms with E-state index in [4.69, 9.17) is 23.8 Å². The summed E-state index contributed by atoms with van der Waals surface area (Å²) in [6.45, 7) is 2.16. The van der Waals surface area contributed by atoms with Gasteiger partial charge in [0.15, 0.2) is 5.11 Å². The number of aromatic nitrogens is 1. The molecule has 2 aliphatic heterocycles. The highest BCUT2D eigenvalue weighted by Crippen LogP contribution is 2.34. The second kappa shape index (κ2) is 7.89. The Morgan fingerprint density at radius 3 is 2.71 bits per heavy atom. The largest absolute Gasteiger partial charge is 0.348 e. The fraction of sp³-hybridized carbons (Fsp3) is 0.286. The van der Waals surface area contributed by atoms with Gasteiger partial charge in [0.1, 0.15) is 0 Å². The molecule has 4 rings (SSSR count). The number of hydrogen-bond acceptors (Lipinski definition) is 3. The lowest BCUT2D eigenvalue weighted by atomic mass is 9.83. The standard InChI is InChI=1S/C21H20ClN3O2S/c22-17-7-4-14(5-8-17)6-9-19(26)23-21(28)24-11-15-10-16(13-24)18-2-1-3-20(27)25(18)12-15/h1-9,15-16H,10-13H2,(H,23,26,28)/b9-6+/t15-,16+/m0/s1. The van der Waals surface area contributed by atoms with Gasteiger partial charge in [0.25, 0.3) is 5.56 Å². The molecule has 1 fully saturated rings. The Morgan fingerprint density at radius 2 is 1.93 bits per heavy atom. The van der Waals surface area contributed by atoms with E-state index in [0.717, 1.165) is 24.2 Å². The van der Waals surface area contributed by atoms with Crippen molar-refractivity contribution >= 4 is 40.9 Å². The van der Waals surface area contributed by atoms with Gasteiger partial charge < -0.3 is 9.47 Å². The molecule has 28 heavy (non-hydrogen) atoms. The fourth-order valence-corrected chi connectivity index (χ4v) is 4.41. The molecule has 0 aliphatic carbocycles. The molecule has 2 aromatic rings. The number of hydrogen-bond donors (Lipinski definition) is 1. The predicted molar refractivity (Wildman–Crippen MR) is 114 cm³/mol. The van der Waals surface area contributed by atoms with Gasteiger partial charge in [0.2, 0.25) is 5.91 Å². The zero-order valence-electron chi connectivity index (χ0n) is 15.2. The van der Waals surface area contributed by atoms with Gasteiger partial charge in [-0.05, 0) is 54.4 Å². The number of carbonyl (C=O) groups is 1. The molecule has 0 saturated carbocycles. The average molecular weight is 414 g/mol. The first-order valence-corrected chi connectivity index (χ1v) is 10.0. The third-order valence-electron chi connectivity index (χ3n) is 5.29. The zero-order chi connectivity index (χ0) is 19.7. The van der Waals surface area contributed by atoms with Crippen LogP contribution in [0, 0.1) is 5.92 Å². The third-order valence-corrected chi connectivity index (χ3v) is 5.91. The minimum Gasteiger partial charge on any atom is -0.348 e. The molecule has 0 unspecified atom stereocenters. The maximum Gasteiger partial charge on any atom is 0.250 e. The van der Waals surface area contributed by atoms with Crippen LogP contribution in [0.15, 0.2) is 53.3 Å². The van der Waals surface area contributed by atoms with Crippen molar-refractivity contribution in [1.29, 1.82) is 0 Å². The molecule has 0 radical (unpaired) electrons. The Bertz CT molecular complexity index is 999. The number of benzene rings is 1. The summed E-state index contributed by atoms with van der Waals surface area (Å²) in [5.41, 5.74) is 2.01. The lowest BCUT2D eigenvalue weighted by Gasteiger charge is -2.43. The number of fused-ring (bicyclic) bond motifs is 4. The molecular formula is C21H20ClN3O2S. The summed E-state index contributed by atoms with van der Waals surface area (Å²) in [6.07, 6.45) is 4.24. The van der Waals surface area contributed by atoms with E-state index in [1.54, 1.807) is 24.3 Å². The number of rotatable bonds is 2. The van der Waals surface area contributed by atoms with E-state index in [-0.39, 0.29) is 17.4 Å². The number of nitrogens with one attached hydrogen (secondary N) is 1. The summed E-state index contributed by atoms with van der Waals surface area (Å²) in [5, 5.41) is 3.89. The molecule has 1 aromatic carbocycles. The van der Waals surface area contributed by atoms with Crippen molar-refractivity contribution in [1.82, 2.24) is 14.8 Å². The molecule has 1 aromatic heterocycles. The van der Waals surface area contributed by atoms with Crippen LogP contribution in [-0.4, -0.2) is 33.6 Å². The van der Waals surface area contributed by atoms with E-state index in [9.17, 15) is 9.59 Å². The Labute approximate surface area is 173 Å². The van der Waals surface area contributed by atoms with Crippen molar-refractivity contribution in [3.63, 3.8) is 0 Å². The second-order valence-electron chi connectivity index (χ2n) is 7.28. The van der Waals surface area contributed by atoms with Crippen LogP contribution < -0.4 is 10.9 Å². The molecule has 2 aliphatic rings. The highest BCUT2D eigenvalue weighted by molar-refractivity contribution is 7.80. The summed E-state index contributed by atoms with van der Waals surface area (Å²) >= 11 is 11.3. The van der Waals surface area contributed by atoms with Crippen LogP contribution in [0.1, 0.15) is 23.6 Å². The molecule has 7 heteroatoms. The van der Waals surface area contributed by atoms with Gasteiger partial charge in [-0.2, -0.15) is 0 Å². The molecular weight excluding hydrogens is 394 g/mol. The predicted octanol–water partition coefficient (Wildman–Crippen LogP) is 3.04. The fourth-order valence-electron chi connectivity index (χ4n) is 4.03. The molecule has 0 spiro atoms.